The molecule has 0 saturated heterocycles. The molecule has 7 heteroatoms. The molecule has 1 atom stereocenters. The third-order valence-corrected chi connectivity index (χ3v) is 4.98. The number of nitrogens with one attached hydrogen (secondary N) is 1. The number of rotatable bonds is 7. The fraction of sp³-hybridized carbons (Fsp3) is 0.500. The summed E-state index contributed by atoms with van der Waals surface area (Å²) in [6.45, 7) is 3.90. The first-order valence-corrected chi connectivity index (χ1v) is 8.55. The van der Waals surface area contributed by atoms with Gasteiger partial charge in [0.25, 0.3) is 0 Å². The summed E-state index contributed by atoms with van der Waals surface area (Å²) < 4.78 is 48.3. The van der Waals surface area contributed by atoms with E-state index in [4.69, 9.17) is 0 Å². The van der Waals surface area contributed by atoms with Crippen molar-refractivity contribution in [1.82, 2.24) is 0 Å². The van der Waals surface area contributed by atoms with Crippen LogP contribution in [0.4, 0.5) is 14.5 Å². The lowest BCUT2D eigenvalue weighted by Crippen LogP contribution is -2.21. The predicted octanol–water partition coefficient (Wildman–Crippen LogP) is 3.24. The quantitative estimate of drug-likeness (QED) is 0.840. The van der Waals surface area contributed by atoms with Gasteiger partial charge in [-0.25, -0.2) is 8.42 Å². The third kappa shape index (κ3) is 4.35. The van der Waals surface area contributed by atoms with Crippen molar-refractivity contribution in [1.29, 1.82) is 0 Å². The van der Waals surface area contributed by atoms with E-state index in [0.717, 1.165) is 11.5 Å². The summed E-state index contributed by atoms with van der Waals surface area (Å²) >= 11 is 1.70. The van der Waals surface area contributed by atoms with Crippen LogP contribution in [0.5, 0.6) is 0 Å². The molecule has 1 unspecified atom stereocenters. The molecule has 0 heterocycles. The minimum atomic E-state index is -4.58. The Morgan fingerprint density at radius 3 is 2.53 bits per heavy atom. The molecule has 3 nitrogen and oxygen atoms in total. The van der Waals surface area contributed by atoms with Crippen molar-refractivity contribution in [3.63, 3.8) is 0 Å². The van der Waals surface area contributed by atoms with Crippen molar-refractivity contribution < 1.29 is 17.2 Å². The van der Waals surface area contributed by atoms with Gasteiger partial charge in [-0.2, -0.15) is 20.5 Å². The standard InChI is InChI=1S/C12H17F2NO2S2/c1-3-18-8-9(2)15-10-6-4-5-7-11(10)19(16,17)12(13)14/h4-7,9,12,15H,3,8H2,1-2H3. The van der Waals surface area contributed by atoms with E-state index < -0.39 is 15.6 Å². The Hall–Kier alpha value is -0.820. The second-order valence-corrected chi connectivity index (χ2v) is 7.21. The number of sulfone groups is 1. The molecule has 0 aliphatic heterocycles. The third-order valence-electron chi connectivity index (χ3n) is 2.40. The van der Waals surface area contributed by atoms with Gasteiger partial charge in [-0.3, -0.25) is 0 Å². The molecular formula is C12H17F2NO2S2. The Bertz CT molecular complexity index is 506. The molecule has 0 aliphatic rings. The van der Waals surface area contributed by atoms with E-state index in [1.54, 1.807) is 17.8 Å². The lowest BCUT2D eigenvalue weighted by molar-refractivity contribution is 0.235. The van der Waals surface area contributed by atoms with E-state index in [-0.39, 0.29) is 16.6 Å². The molecule has 108 valence electrons. The van der Waals surface area contributed by atoms with E-state index in [1.165, 1.54) is 18.2 Å². The van der Waals surface area contributed by atoms with Crippen molar-refractivity contribution in [2.45, 2.75) is 30.5 Å². The maximum Gasteiger partial charge on any atom is 0.341 e. The van der Waals surface area contributed by atoms with Crippen LogP contribution in [0, 0.1) is 0 Å². The molecule has 1 N–H and O–H groups in total. The highest BCUT2D eigenvalue weighted by Crippen LogP contribution is 2.26. The summed E-state index contributed by atoms with van der Waals surface area (Å²) in [5.41, 5.74) is 0.229. The van der Waals surface area contributed by atoms with Gasteiger partial charge >= 0.3 is 5.76 Å². The number of anilines is 1. The smallest absolute Gasteiger partial charge is 0.341 e. The normalized spacial score (nSPS) is 13.5. The van der Waals surface area contributed by atoms with Crippen LogP contribution < -0.4 is 5.32 Å². The summed E-state index contributed by atoms with van der Waals surface area (Å²) in [4.78, 5) is -0.349. The van der Waals surface area contributed by atoms with E-state index in [1.807, 2.05) is 13.8 Å². The summed E-state index contributed by atoms with van der Waals surface area (Å²) in [5, 5.41) is 2.97. The Morgan fingerprint density at radius 1 is 1.32 bits per heavy atom. The zero-order valence-corrected chi connectivity index (χ0v) is 12.4. The summed E-state index contributed by atoms with van der Waals surface area (Å²) in [6, 6.07) is 5.75. The Morgan fingerprint density at radius 2 is 1.95 bits per heavy atom. The van der Waals surface area contributed by atoms with Gasteiger partial charge in [0, 0.05) is 11.8 Å². The van der Waals surface area contributed by atoms with Gasteiger partial charge in [-0.1, -0.05) is 19.1 Å². The van der Waals surface area contributed by atoms with Gasteiger partial charge in [0.2, 0.25) is 9.84 Å². The van der Waals surface area contributed by atoms with Gasteiger partial charge in [-0.15, -0.1) is 0 Å². The molecule has 1 aromatic carbocycles. The summed E-state index contributed by atoms with van der Waals surface area (Å²) in [5.74, 6) is -1.68. The van der Waals surface area contributed by atoms with Crippen molar-refractivity contribution in [2.75, 3.05) is 16.8 Å². The zero-order valence-electron chi connectivity index (χ0n) is 10.8. The lowest BCUT2D eigenvalue weighted by atomic mass is 10.3. The van der Waals surface area contributed by atoms with Crippen LogP contribution in [0.3, 0.4) is 0 Å². The van der Waals surface area contributed by atoms with Crippen molar-refractivity contribution in [3.8, 4) is 0 Å². The fourth-order valence-corrected chi connectivity index (χ4v) is 3.10. The molecular weight excluding hydrogens is 292 g/mol. The van der Waals surface area contributed by atoms with Crippen LogP contribution in [-0.2, 0) is 9.84 Å². The van der Waals surface area contributed by atoms with Crippen LogP contribution in [0.1, 0.15) is 13.8 Å². The Kier molecular flexibility index (Phi) is 6.06. The minimum Gasteiger partial charge on any atom is -0.381 e. The van der Waals surface area contributed by atoms with Gasteiger partial charge in [0.1, 0.15) is 0 Å². The highest BCUT2D eigenvalue weighted by atomic mass is 32.2. The molecule has 0 aromatic heterocycles. The SMILES string of the molecule is CCSCC(C)Nc1ccccc1S(=O)(=O)C(F)F. The number of halogens is 2. The Labute approximate surface area is 116 Å². The number of thioether (sulfide) groups is 1. The molecule has 1 aromatic rings. The van der Waals surface area contributed by atoms with Gasteiger partial charge < -0.3 is 5.32 Å². The molecule has 0 saturated carbocycles. The average Bonchev–Trinajstić information content (AvgIpc) is 2.36. The van der Waals surface area contributed by atoms with E-state index in [0.29, 0.717) is 0 Å². The molecule has 0 radical (unpaired) electrons. The van der Waals surface area contributed by atoms with Crippen molar-refractivity contribution in [2.24, 2.45) is 0 Å². The number of hydrogen-bond acceptors (Lipinski definition) is 4. The monoisotopic (exact) mass is 309 g/mol. The zero-order chi connectivity index (χ0) is 14.5. The fourth-order valence-electron chi connectivity index (χ4n) is 1.53. The molecule has 0 fully saturated rings. The first kappa shape index (κ1) is 16.2. The van der Waals surface area contributed by atoms with Crippen molar-refractivity contribution >= 4 is 27.3 Å². The highest BCUT2D eigenvalue weighted by molar-refractivity contribution is 7.99. The largest absolute Gasteiger partial charge is 0.381 e. The van der Waals surface area contributed by atoms with Crippen LogP contribution >= 0.6 is 11.8 Å². The first-order chi connectivity index (χ1) is 8.89. The van der Waals surface area contributed by atoms with Crippen LogP contribution in [0.2, 0.25) is 0 Å². The number of benzene rings is 1. The summed E-state index contributed by atoms with van der Waals surface area (Å²) in [6.07, 6.45) is 0. The topological polar surface area (TPSA) is 46.2 Å². The maximum absolute atomic E-state index is 12.6. The van der Waals surface area contributed by atoms with Crippen LogP contribution in [0.15, 0.2) is 29.2 Å². The van der Waals surface area contributed by atoms with Gasteiger partial charge in [-0.05, 0) is 24.8 Å². The second-order valence-electron chi connectivity index (χ2n) is 4.01. The van der Waals surface area contributed by atoms with Crippen molar-refractivity contribution in [3.05, 3.63) is 24.3 Å². The van der Waals surface area contributed by atoms with Crippen LogP contribution in [-0.4, -0.2) is 31.7 Å². The average molecular weight is 309 g/mol. The summed E-state index contributed by atoms with van der Waals surface area (Å²) in [7, 11) is -4.58. The predicted molar refractivity (Wildman–Crippen MR) is 75.7 cm³/mol. The molecule has 0 aliphatic carbocycles. The van der Waals surface area contributed by atoms with Gasteiger partial charge in [0.05, 0.1) is 10.6 Å². The second kappa shape index (κ2) is 7.09. The van der Waals surface area contributed by atoms with Gasteiger partial charge in [0.15, 0.2) is 0 Å². The minimum absolute atomic E-state index is 0.000951. The van der Waals surface area contributed by atoms with E-state index in [9.17, 15) is 17.2 Å². The number of hydrogen-bond donors (Lipinski definition) is 1. The first-order valence-electron chi connectivity index (χ1n) is 5.85. The van der Waals surface area contributed by atoms with E-state index in [2.05, 4.69) is 5.32 Å². The Balaban J connectivity index is 2.97. The van der Waals surface area contributed by atoms with Crippen LogP contribution in [0.25, 0.3) is 0 Å². The molecule has 0 bridgehead atoms. The molecule has 0 spiro atoms. The van der Waals surface area contributed by atoms with E-state index >= 15 is 0 Å². The lowest BCUT2D eigenvalue weighted by Gasteiger charge is -2.17. The maximum atomic E-state index is 12.6. The molecule has 19 heavy (non-hydrogen) atoms. The highest BCUT2D eigenvalue weighted by Gasteiger charge is 2.29. The number of para-hydroxylation sites is 1. The number of alkyl halides is 2. The molecule has 0 amide bonds. The molecule has 1 rings (SSSR count).